The Morgan fingerprint density at radius 2 is 1.39 bits per heavy atom. The summed E-state index contributed by atoms with van der Waals surface area (Å²) in [5, 5.41) is 11.9. The fourth-order valence-corrected chi connectivity index (χ4v) is 1.91. The minimum Gasteiger partial charge on any atom is -0.618 e. The lowest BCUT2D eigenvalue weighted by Crippen LogP contribution is -2.37. The SMILES string of the molecule is [O-][n+]1cc(-c2ncncn2)cc(-c2ncncn2)c1C(F)(F)F. The van der Waals surface area contributed by atoms with Gasteiger partial charge in [0.1, 0.15) is 25.3 Å². The van der Waals surface area contributed by atoms with Gasteiger partial charge < -0.3 is 5.21 Å². The van der Waals surface area contributed by atoms with Crippen molar-refractivity contribution in [3.8, 4) is 22.8 Å². The van der Waals surface area contributed by atoms with E-state index in [-0.39, 0.29) is 21.9 Å². The molecule has 0 atom stereocenters. The first-order valence-electron chi connectivity index (χ1n) is 6.06. The first-order valence-corrected chi connectivity index (χ1v) is 6.06. The molecule has 8 nitrogen and oxygen atoms in total. The third kappa shape index (κ3) is 2.88. The molecule has 0 aromatic carbocycles. The molecule has 0 radical (unpaired) electrons. The van der Waals surface area contributed by atoms with Gasteiger partial charge in [0.25, 0.3) is 0 Å². The Morgan fingerprint density at radius 1 is 0.870 bits per heavy atom. The number of hydrogen-bond acceptors (Lipinski definition) is 7. The van der Waals surface area contributed by atoms with Crippen LogP contribution in [0.5, 0.6) is 0 Å². The number of aromatic nitrogens is 7. The van der Waals surface area contributed by atoms with E-state index in [1.165, 1.54) is 0 Å². The molecule has 3 rings (SSSR count). The average molecular weight is 321 g/mol. The monoisotopic (exact) mass is 321 g/mol. The zero-order chi connectivity index (χ0) is 16.4. The highest BCUT2D eigenvalue weighted by molar-refractivity contribution is 5.65. The molecular formula is C12H6F3N7O. The second kappa shape index (κ2) is 5.51. The van der Waals surface area contributed by atoms with E-state index < -0.39 is 17.4 Å². The van der Waals surface area contributed by atoms with E-state index in [0.717, 1.165) is 37.6 Å². The van der Waals surface area contributed by atoms with E-state index in [2.05, 4.69) is 29.9 Å². The van der Waals surface area contributed by atoms with Crippen LogP contribution in [0.15, 0.2) is 37.6 Å². The summed E-state index contributed by atoms with van der Waals surface area (Å²) in [5.41, 5.74) is -1.85. The van der Waals surface area contributed by atoms with Crippen LogP contribution in [0.4, 0.5) is 13.2 Å². The van der Waals surface area contributed by atoms with Crippen molar-refractivity contribution in [1.82, 2.24) is 29.9 Å². The van der Waals surface area contributed by atoms with Gasteiger partial charge in [0.05, 0.1) is 11.1 Å². The Morgan fingerprint density at radius 3 is 1.91 bits per heavy atom. The van der Waals surface area contributed by atoms with E-state index in [9.17, 15) is 18.4 Å². The Kier molecular flexibility index (Phi) is 3.52. The summed E-state index contributed by atoms with van der Waals surface area (Å²) in [4.78, 5) is 22.1. The molecule has 0 aliphatic heterocycles. The van der Waals surface area contributed by atoms with Gasteiger partial charge in [-0.2, -0.15) is 17.9 Å². The van der Waals surface area contributed by atoms with Gasteiger partial charge in [-0.15, -0.1) is 0 Å². The van der Waals surface area contributed by atoms with Gasteiger partial charge in [-0.3, -0.25) is 0 Å². The predicted octanol–water partition coefficient (Wildman–Crippen LogP) is 1.04. The number of hydrogen-bond donors (Lipinski definition) is 0. The van der Waals surface area contributed by atoms with Gasteiger partial charge in [0.2, 0.25) is 0 Å². The molecular weight excluding hydrogens is 315 g/mol. The molecule has 0 amide bonds. The maximum absolute atomic E-state index is 13.2. The van der Waals surface area contributed by atoms with E-state index in [4.69, 9.17) is 0 Å². The zero-order valence-electron chi connectivity index (χ0n) is 11.1. The first-order chi connectivity index (χ1) is 11.0. The highest BCUT2D eigenvalue weighted by Gasteiger charge is 2.44. The summed E-state index contributed by atoms with van der Waals surface area (Å²) >= 11 is 0. The van der Waals surface area contributed by atoms with Crippen LogP contribution in [0, 0.1) is 5.21 Å². The molecule has 0 fully saturated rings. The molecule has 3 aromatic heterocycles. The number of halogens is 3. The predicted molar refractivity (Wildman–Crippen MR) is 68.0 cm³/mol. The quantitative estimate of drug-likeness (QED) is 0.513. The number of pyridine rings is 1. The third-order valence-corrected chi connectivity index (χ3v) is 2.79. The maximum atomic E-state index is 13.2. The minimum absolute atomic E-state index is 0.0497. The molecule has 0 N–H and O–H groups in total. The molecule has 3 heterocycles. The van der Waals surface area contributed by atoms with Crippen molar-refractivity contribution in [2.75, 3.05) is 0 Å². The summed E-state index contributed by atoms with van der Waals surface area (Å²) < 4.78 is 39.3. The second-order valence-corrected chi connectivity index (χ2v) is 4.24. The van der Waals surface area contributed by atoms with Gasteiger partial charge >= 0.3 is 11.9 Å². The van der Waals surface area contributed by atoms with Crippen molar-refractivity contribution in [2.45, 2.75) is 6.18 Å². The molecule has 116 valence electrons. The van der Waals surface area contributed by atoms with Crippen LogP contribution in [0.1, 0.15) is 5.69 Å². The normalized spacial score (nSPS) is 11.4. The Hall–Kier alpha value is -3.24. The van der Waals surface area contributed by atoms with Crippen LogP contribution in [0.3, 0.4) is 0 Å². The van der Waals surface area contributed by atoms with Gasteiger partial charge in [0, 0.05) is 0 Å². The standard InChI is InChI=1S/C12H6F3N7O/c13-12(14,15)9-8(11-20-5-17-6-21-11)1-7(2-22(9)23)10-18-3-16-4-19-10/h1-6H. The fourth-order valence-electron chi connectivity index (χ4n) is 1.91. The molecule has 3 aromatic rings. The minimum atomic E-state index is -4.89. The molecule has 0 aliphatic carbocycles. The van der Waals surface area contributed by atoms with Crippen molar-refractivity contribution in [3.63, 3.8) is 0 Å². The number of nitrogens with zero attached hydrogens (tertiary/aromatic N) is 7. The van der Waals surface area contributed by atoms with Gasteiger partial charge in [-0.25, -0.2) is 29.9 Å². The summed E-state index contributed by atoms with van der Waals surface area (Å²) in [5.74, 6) is -0.235. The van der Waals surface area contributed by atoms with Crippen molar-refractivity contribution >= 4 is 0 Å². The zero-order valence-corrected chi connectivity index (χ0v) is 11.1. The summed E-state index contributed by atoms with van der Waals surface area (Å²) in [7, 11) is 0. The van der Waals surface area contributed by atoms with Crippen LogP contribution < -0.4 is 4.73 Å². The lowest BCUT2D eigenvalue weighted by Gasteiger charge is -2.12. The molecule has 11 heteroatoms. The molecule has 23 heavy (non-hydrogen) atoms. The Balaban J connectivity index is 2.28. The Bertz CT molecular complexity index is 827. The molecule has 0 saturated carbocycles. The average Bonchev–Trinajstić information content (AvgIpc) is 2.54. The topological polar surface area (TPSA) is 104 Å². The second-order valence-electron chi connectivity index (χ2n) is 4.24. The van der Waals surface area contributed by atoms with Crippen molar-refractivity contribution in [1.29, 1.82) is 0 Å². The van der Waals surface area contributed by atoms with Gasteiger partial charge in [-0.05, 0) is 6.07 Å². The highest BCUT2D eigenvalue weighted by atomic mass is 19.4. The summed E-state index contributed by atoms with van der Waals surface area (Å²) in [6.07, 6.45) is 0.250. The lowest BCUT2D eigenvalue weighted by atomic mass is 10.1. The molecule has 0 saturated heterocycles. The van der Waals surface area contributed by atoms with Crippen LogP contribution in [0.2, 0.25) is 0 Å². The van der Waals surface area contributed by atoms with Gasteiger partial charge in [0.15, 0.2) is 17.8 Å². The molecule has 0 unspecified atom stereocenters. The van der Waals surface area contributed by atoms with E-state index >= 15 is 0 Å². The van der Waals surface area contributed by atoms with E-state index in [1.807, 2.05) is 0 Å². The first kappa shape index (κ1) is 14.7. The van der Waals surface area contributed by atoms with Gasteiger partial charge in [-0.1, -0.05) is 0 Å². The van der Waals surface area contributed by atoms with Crippen molar-refractivity contribution in [3.05, 3.63) is 48.5 Å². The van der Waals surface area contributed by atoms with E-state index in [1.54, 1.807) is 0 Å². The largest absolute Gasteiger partial charge is 0.618 e. The van der Waals surface area contributed by atoms with E-state index in [0.29, 0.717) is 0 Å². The van der Waals surface area contributed by atoms with Crippen LogP contribution >= 0.6 is 0 Å². The number of alkyl halides is 3. The maximum Gasteiger partial charge on any atom is 0.479 e. The molecule has 0 bridgehead atoms. The van der Waals surface area contributed by atoms with Crippen LogP contribution in [0.25, 0.3) is 22.8 Å². The Labute approximate surface area is 126 Å². The fraction of sp³-hybridized carbons (Fsp3) is 0.0833. The van der Waals surface area contributed by atoms with Crippen LogP contribution in [-0.4, -0.2) is 29.9 Å². The van der Waals surface area contributed by atoms with Crippen molar-refractivity contribution in [2.24, 2.45) is 0 Å². The summed E-state index contributed by atoms with van der Waals surface area (Å²) in [6, 6.07) is 1.10. The lowest BCUT2D eigenvalue weighted by molar-refractivity contribution is -0.628. The summed E-state index contributed by atoms with van der Waals surface area (Å²) in [6.45, 7) is 0. The smallest absolute Gasteiger partial charge is 0.479 e. The third-order valence-electron chi connectivity index (χ3n) is 2.79. The van der Waals surface area contributed by atoms with Crippen molar-refractivity contribution < 1.29 is 17.9 Å². The molecule has 0 aliphatic rings. The van der Waals surface area contributed by atoms with Crippen LogP contribution in [-0.2, 0) is 6.18 Å². The highest BCUT2D eigenvalue weighted by Crippen LogP contribution is 2.34. The number of rotatable bonds is 2. The molecule has 0 spiro atoms.